The summed E-state index contributed by atoms with van der Waals surface area (Å²) in [4.78, 5) is 12.7. The van der Waals surface area contributed by atoms with E-state index in [0.717, 1.165) is 39.0 Å². The Morgan fingerprint density at radius 3 is 2.42 bits per heavy atom. The molecule has 0 aromatic carbocycles. The Bertz CT molecular complexity index is 400. The molecule has 0 saturated heterocycles. The number of amides is 1. The largest absolute Gasteiger partial charge is 0.382 e. The Hall–Kier alpha value is -0.320. The first-order chi connectivity index (χ1) is 11.1. The number of halogens is 1. The van der Waals surface area contributed by atoms with Crippen molar-refractivity contribution in [3.63, 3.8) is 0 Å². The number of carbonyl (C=O) groups is 1. The highest BCUT2D eigenvalue weighted by Crippen LogP contribution is 2.44. The van der Waals surface area contributed by atoms with Crippen LogP contribution >= 0.6 is 12.4 Å². The number of hydrogen-bond acceptors (Lipinski definition) is 3. The Balaban J connectivity index is 0.00000208. The van der Waals surface area contributed by atoms with E-state index < -0.39 is 0 Å². The lowest BCUT2D eigenvalue weighted by Gasteiger charge is -2.45. The molecule has 0 aliphatic heterocycles. The number of ether oxygens (including phenoxy) is 1. The molecule has 3 fully saturated rings. The molecule has 2 unspecified atom stereocenters. The second-order valence-corrected chi connectivity index (χ2v) is 8.22. The van der Waals surface area contributed by atoms with E-state index in [-0.39, 0.29) is 24.2 Å². The molecule has 3 rings (SSSR count). The van der Waals surface area contributed by atoms with Gasteiger partial charge in [0.05, 0.1) is 0 Å². The average molecular weight is 359 g/mol. The molecule has 0 radical (unpaired) electrons. The van der Waals surface area contributed by atoms with Crippen molar-refractivity contribution in [3.05, 3.63) is 0 Å². The summed E-state index contributed by atoms with van der Waals surface area (Å²) in [6.45, 7) is 4.50. The summed E-state index contributed by atoms with van der Waals surface area (Å²) in [5.74, 6) is 1.65. The van der Waals surface area contributed by atoms with Crippen molar-refractivity contribution in [2.75, 3.05) is 19.8 Å². The fraction of sp³-hybridized carbons (Fsp3) is 0.947. The maximum atomic E-state index is 12.7. The van der Waals surface area contributed by atoms with Crippen LogP contribution in [0, 0.1) is 23.2 Å². The van der Waals surface area contributed by atoms with Gasteiger partial charge >= 0.3 is 0 Å². The van der Waals surface area contributed by atoms with Gasteiger partial charge in [0.2, 0.25) is 5.91 Å². The third kappa shape index (κ3) is 4.44. The number of hydrogen-bond donors (Lipinski definition) is 2. The molecule has 3 aliphatic carbocycles. The van der Waals surface area contributed by atoms with Crippen LogP contribution in [0.1, 0.15) is 64.7 Å². The monoisotopic (exact) mass is 358 g/mol. The molecule has 5 heteroatoms. The molecule has 140 valence electrons. The van der Waals surface area contributed by atoms with Gasteiger partial charge in [0.15, 0.2) is 0 Å². The van der Waals surface area contributed by atoms with Gasteiger partial charge in [0, 0.05) is 31.7 Å². The van der Waals surface area contributed by atoms with Crippen molar-refractivity contribution in [2.45, 2.75) is 70.8 Å². The predicted octanol–water partition coefficient (Wildman–Crippen LogP) is 3.27. The van der Waals surface area contributed by atoms with Gasteiger partial charge in [0.1, 0.15) is 0 Å². The van der Waals surface area contributed by atoms with Crippen LogP contribution in [0.3, 0.4) is 0 Å². The summed E-state index contributed by atoms with van der Waals surface area (Å²) in [7, 11) is 0. The zero-order valence-electron chi connectivity index (χ0n) is 15.1. The van der Waals surface area contributed by atoms with Crippen LogP contribution in [0.25, 0.3) is 0 Å². The van der Waals surface area contributed by atoms with E-state index in [2.05, 4.69) is 5.32 Å². The van der Waals surface area contributed by atoms with E-state index in [0.29, 0.717) is 23.3 Å². The van der Waals surface area contributed by atoms with Crippen molar-refractivity contribution in [1.82, 2.24) is 5.32 Å². The van der Waals surface area contributed by atoms with Gasteiger partial charge in [-0.25, -0.2) is 0 Å². The topological polar surface area (TPSA) is 64.3 Å². The van der Waals surface area contributed by atoms with Gasteiger partial charge in [-0.3, -0.25) is 4.79 Å². The fourth-order valence-electron chi connectivity index (χ4n) is 5.05. The summed E-state index contributed by atoms with van der Waals surface area (Å²) < 4.78 is 5.52. The smallest absolute Gasteiger partial charge is 0.223 e. The van der Waals surface area contributed by atoms with E-state index >= 15 is 0 Å². The average Bonchev–Trinajstić information content (AvgIpc) is 2.48. The lowest BCUT2D eigenvalue weighted by atomic mass is 9.64. The SMILES string of the molecule is CCOCCC1(CNC(=O)C2CC3CCCC(C2)C3N)CCC1.Cl. The molecule has 3 aliphatic rings. The van der Waals surface area contributed by atoms with Crippen molar-refractivity contribution < 1.29 is 9.53 Å². The molecule has 3 N–H and O–H groups in total. The minimum Gasteiger partial charge on any atom is -0.382 e. The second kappa shape index (κ2) is 8.86. The molecule has 24 heavy (non-hydrogen) atoms. The summed E-state index contributed by atoms with van der Waals surface area (Å²) in [6, 6.07) is 0.344. The number of nitrogens with one attached hydrogen (secondary N) is 1. The fourth-order valence-corrected chi connectivity index (χ4v) is 5.05. The standard InChI is InChI=1S/C19H34N2O2.ClH/c1-2-23-10-9-19(7-4-8-19)13-21-18(22)16-11-14-5-3-6-15(12-16)17(14)20;/h14-17H,2-13,20H2,1H3,(H,21,22);1H. The highest BCUT2D eigenvalue weighted by molar-refractivity contribution is 5.85. The Kier molecular flexibility index (Phi) is 7.39. The third-order valence-corrected chi connectivity index (χ3v) is 6.82. The Morgan fingerprint density at radius 1 is 1.21 bits per heavy atom. The second-order valence-electron chi connectivity index (χ2n) is 8.22. The molecular formula is C19H35ClN2O2. The predicted molar refractivity (Wildman–Crippen MR) is 99.2 cm³/mol. The molecule has 0 spiro atoms. The van der Waals surface area contributed by atoms with E-state index in [1.165, 1.54) is 38.5 Å². The maximum Gasteiger partial charge on any atom is 0.223 e. The zero-order chi connectivity index (χ0) is 16.3. The molecule has 1 amide bonds. The number of carbonyl (C=O) groups excluding carboxylic acids is 1. The first-order valence-corrected chi connectivity index (χ1v) is 9.74. The van der Waals surface area contributed by atoms with Gasteiger partial charge < -0.3 is 15.8 Å². The lowest BCUT2D eigenvalue weighted by molar-refractivity contribution is -0.129. The zero-order valence-corrected chi connectivity index (χ0v) is 15.9. The Morgan fingerprint density at radius 2 is 1.88 bits per heavy atom. The minimum atomic E-state index is 0. The van der Waals surface area contributed by atoms with Crippen molar-refractivity contribution >= 4 is 18.3 Å². The maximum absolute atomic E-state index is 12.7. The van der Waals surface area contributed by atoms with Crippen molar-refractivity contribution in [2.24, 2.45) is 28.9 Å². The third-order valence-electron chi connectivity index (χ3n) is 6.82. The molecule has 3 saturated carbocycles. The summed E-state index contributed by atoms with van der Waals surface area (Å²) >= 11 is 0. The van der Waals surface area contributed by atoms with Crippen LogP contribution in [-0.4, -0.2) is 31.7 Å². The molecule has 0 aromatic rings. The van der Waals surface area contributed by atoms with E-state index in [9.17, 15) is 4.79 Å². The van der Waals surface area contributed by atoms with Crippen LogP contribution in [0.4, 0.5) is 0 Å². The summed E-state index contributed by atoms with van der Waals surface area (Å²) in [5, 5.41) is 3.29. The van der Waals surface area contributed by atoms with Crippen LogP contribution in [-0.2, 0) is 9.53 Å². The number of rotatable bonds is 7. The summed E-state index contributed by atoms with van der Waals surface area (Å²) in [5.41, 5.74) is 6.65. The van der Waals surface area contributed by atoms with E-state index in [1.54, 1.807) is 0 Å². The molecule has 2 atom stereocenters. The quantitative estimate of drug-likeness (QED) is 0.686. The highest BCUT2D eigenvalue weighted by Gasteiger charge is 2.42. The van der Waals surface area contributed by atoms with E-state index in [1.807, 2.05) is 6.92 Å². The normalized spacial score (nSPS) is 33.9. The number of nitrogens with two attached hydrogens (primary N) is 1. The highest BCUT2D eigenvalue weighted by atomic mass is 35.5. The van der Waals surface area contributed by atoms with Gasteiger partial charge in [-0.1, -0.05) is 12.8 Å². The molecular weight excluding hydrogens is 324 g/mol. The van der Waals surface area contributed by atoms with Gasteiger partial charge in [0.25, 0.3) is 0 Å². The first-order valence-electron chi connectivity index (χ1n) is 9.74. The molecule has 4 nitrogen and oxygen atoms in total. The van der Waals surface area contributed by atoms with Crippen LogP contribution in [0.2, 0.25) is 0 Å². The molecule has 0 heterocycles. The van der Waals surface area contributed by atoms with E-state index in [4.69, 9.17) is 10.5 Å². The van der Waals surface area contributed by atoms with Gasteiger partial charge in [-0.15, -0.1) is 12.4 Å². The van der Waals surface area contributed by atoms with Crippen molar-refractivity contribution in [1.29, 1.82) is 0 Å². The lowest BCUT2D eigenvalue weighted by Crippen LogP contribution is -2.50. The minimum absolute atomic E-state index is 0. The molecule has 2 bridgehead atoms. The van der Waals surface area contributed by atoms with Crippen molar-refractivity contribution in [3.8, 4) is 0 Å². The first kappa shape index (κ1) is 20.0. The molecule has 0 aromatic heterocycles. The Labute approximate surface area is 153 Å². The van der Waals surface area contributed by atoms with Crippen LogP contribution < -0.4 is 11.1 Å². The van der Waals surface area contributed by atoms with Crippen LogP contribution in [0.5, 0.6) is 0 Å². The van der Waals surface area contributed by atoms with Gasteiger partial charge in [-0.2, -0.15) is 0 Å². The van der Waals surface area contributed by atoms with Crippen LogP contribution in [0.15, 0.2) is 0 Å². The number of fused-ring (bicyclic) bond motifs is 2. The summed E-state index contributed by atoms with van der Waals surface area (Å²) in [6.07, 6.45) is 10.6. The van der Waals surface area contributed by atoms with Gasteiger partial charge in [-0.05, 0) is 69.1 Å².